The first-order chi connectivity index (χ1) is 9.41. The van der Waals surface area contributed by atoms with Gasteiger partial charge in [0.15, 0.2) is 6.10 Å². The molecule has 1 N–H and O–H groups in total. The molecule has 1 aliphatic rings. The van der Waals surface area contributed by atoms with E-state index in [0.29, 0.717) is 12.1 Å². The molecule has 20 heavy (non-hydrogen) atoms. The maximum Gasteiger partial charge on any atom is 0.334 e. The number of carbonyl (C=O) groups is 2. The Bertz CT molecular complexity index is 524. The van der Waals surface area contributed by atoms with Crippen molar-refractivity contribution in [2.75, 3.05) is 19.7 Å². The first-order valence-electron chi connectivity index (χ1n) is 6.59. The third kappa shape index (κ3) is 2.67. The molecule has 1 aromatic heterocycles. The van der Waals surface area contributed by atoms with Gasteiger partial charge in [-0.25, -0.2) is 4.79 Å². The molecule has 7 heteroatoms. The Morgan fingerprint density at radius 2 is 2.20 bits per heavy atom. The second kappa shape index (κ2) is 5.62. The molecular formula is C13H19N3O4. The molecule has 1 amide bonds. The lowest BCUT2D eigenvalue weighted by molar-refractivity contribution is -0.154. The molecule has 0 radical (unpaired) electrons. The van der Waals surface area contributed by atoms with Crippen LogP contribution in [0.25, 0.3) is 0 Å². The van der Waals surface area contributed by atoms with Crippen molar-refractivity contribution in [2.24, 2.45) is 0 Å². The first-order valence-corrected chi connectivity index (χ1v) is 6.59. The maximum atomic E-state index is 12.4. The predicted molar refractivity (Wildman–Crippen MR) is 70.6 cm³/mol. The summed E-state index contributed by atoms with van der Waals surface area (Å²) in [4.78, 5) is 24.9. The number of rotatable bonds is 3. The van der Waals surface area contributed by atoms with E-state index in [9.17, 15) is 9.59 Å². The van der Waals surface area contributed by atoms with Crippen molar-refractivity contribution in [3.8, 4) is 0 Å². The highest BCUT2D eigenvalue weighted by Gasteiger charge is 2.30. The van der Waals surface area contributed by atoms with E-state index in [0.717, 1.165) is 5.69 Å². The molecule has 1 atom stereocenters. The Morgan fingerprint density at radius 1 is 1.50 bits per heavy atom. The molecule has 1 unspecified atom stereocenters. The summed E-state index contributed by atoms with van der Waals surface area (Å²) in [5.74, 6) is -1.24. The normalized spacial score (nSPS) is 19.4. The van der Waals surface area contributed by atoms with E-state index >= 15 is 0 Å². The summed E-state index contributed by atoms with van der Waals surface area (Å²) in [5, 5.41) is 13.2. The Labute approximate surface area is 117 Å². The van der Waals surface area contributed by atoms with Crippen molar-refractivity contribution in [1.29, 1.82) is 0 Å². The zero-order chi connectivity index (χ0) is 14.9. The average Bonchev–Trinajstić information content (AvgIpc) is 2.80. The number of aromatic nitrogens is 2. The van der Waals surface area contributed by atoms with Crippen LogP contribution in [0.5, 0.6) is 0 Å². The standard InChI is InChI=1S/C13H19N3O4/c1-8(2)16-9(3)10(6-14-16)12(17)15-4-5-20-11(7-15)13(18)19/h6,8,11H,4-5,7H2,1-3H3,(H,18,19). The lowest BCUT2D eigenvalue weighted by Gasteiger charge is -2.30. The molecule has 1 fully saturated rings. The second-order valence-corrected chi connectivity index (χ2v) is 5.13. The largest absolute Gasteiger partial charge is 0.479 e. The molecule has 7 nitrogen and oxygen atoms in total. The van der Waals surface area contributed by atoms with Crippen molar-refractivity contribution in [3.05, 3.63) is 17.5 Å². The number of carboxylic acid groups (broad SMARTS) is 1. The summed E-state index contributed by atoms with van der Waals surface area (Å²) in [7, 11) is 0. The fourth-order valence-electron chi connectivity index (χ4n) is 2.31. The minimum absolute atomic E-state index is 0.0699. The number of hydrogen-bond acceptors (Lipinski definition) is 4. The van der Waals surface area contributed by atoms with E-state index in [1.165, 1.54) is 4.90 Å². The van der Waals surface area contributed by atoms with E-state index in [4.69, 9.17) is 9.84 Å². The number of aliphatic carboxylic acids is 1. The molecule has 1 saturated heterocycles. The number of carbonyl (C=O) groups excluding carboxylic acids is 1. The van der Waals surface area contributed by atoms with Crippen LogP contribution in [0.15, 0.2) is 6.20 Å². The molecule has 2 heterocycles. The predicted octanol–water partition coefficient (Wildman–Crippen LogP) is 0.698. The highest BCUT2D eigenvalue weighted by atomic mass is 16.5. The summed E-state index contributed by atoms with van der Waals surface area (Å²) in [5.41, 5.74) is 1.31. The van der Waals surface area contributed by atoms with Crippen LogP contribution >= 0.6 is 0 Å². The average molecular weight is 281 g/mol. The quantitative estimate of drug-likeness (QED) is 0.881. The fraction of sp³-hybridized carbons (Fsp3) is 0.615. The molecule has 0 aliphatic carbocycles. The van der Waals surface area contributed by atoms with Gasteiger partial charge in [0.25, 0.3) is 5.91 Å². The van der Waals surface area contributed by atoms with Crippen LogP contribution in [0.4, 0.5) is 0 Å². The Kier molecular flexibility index (Phi) is 4.08. The van der Waals surface area contributed by atoms with Crippen LogP contribution in [-0.4, -0.2) is 57.5 Å². The van der Waals surface area contributed by atoms with Crippen LogP contribution in [0.1, 0.15) is 35.9 Å². The molecule has 0 saturated carbocycles. The van der Waals surface area contributed by atoms with Crippen LogP contribution in [0.2, 0.25) is 0 Å². The van der Waals surface area contributed by atoms with Crippen LogP contribution in [0, 0.1) is 6.92 Å². The highest BCUT2D eigenvalue weighted by molar-refractivity contribution is 5.95. The molecule has 2 rings (SSSR count). The molecular weight excluding hydrogens is 262 g/mol. The van der Waals surface area contributed by atoms with Gasteiger partial charge in [0.1, 0.15) is 0 Å². The van der Waals surface area contributed by atoms with Gasteiger partial charge >= 0.3 is 5.97 Å². The van der Waals surface area contributed by atoms with Crippen LogP contribution in [0.3, 0.4) is 0 Å². The topological polar surface area (TPSA) is 84.7 Å². The highest BCUT2D eigenvalue weighted by Crippen LogP contribution is 2.16. The van der Waals surface area contributed by atoms with E-state index in [2.05, 4.69) is 5.10 Å². The zero-order valence-electron chi connectivity index (χ0n) is 11.9. The lowest BCUT2D eigenvalue weighted by atomic mass is 10.2. The van der Waals surface area contributed by atoms with Gasteiger partial charge < -0.3 is 14.7 Å². The van der Waals surface area contributed by atoms with Crippen molar-refractivity contribution < 1.29 is 19.4 Å². The summed E-state index contributed by atoms with van der Waals surface area (Å²) < 4.78 is 6.90. The Balaban J connectivity index is 2.17. The summed E-state index contributed by atoms with van der Waals surface area (Å²) >= 11 is 0. The number of ether oxygens (including phenoxy) is 1. The van der Waals surface area contributed by atoms with Gasteiger partial charge in [0, 0.05) is 18.3 Å². The first kappa shape index (κ1) is 14.5. The van der Waals surface area contributed by atoms with Gasteiger partial charge in [-0.05, 0) is 20.8 Å². The SMILES string of the molecule is Cc1c(C(=O)N2CCOC(C(=O)O)C2)cnn1C(C)C. The molecule has 0 bridgehead atoms. The van der Waals surface area contributed by atoms with Gasteiger partial charge in [0.05, 0.1) is 24.9 Å². The molecule has 0 spiro atoms. The fourth-order valence-corrected chi connectivity index (χ4v) is 2.31. The minimum Gasteiger partial charge on any atom is -0.479 e. The Hall–Kier alpha value is -1.89. The smallest absolute Gasteiger partial charge is 0.334 e. The lowest BCUT2D eigenvalue weighted by Crippen LogP contribution is -2.48. The summed E-state index contributed by atoms with van der Waals surface area (Å²) in [6.07, 6.45) is 0.594. The van der Waals surface area contributed by atoms with Gasteiger partial charge in [-0.3, -0.25) is 9.48 Å². The van der Waals surface area contributed by atoms with Crippen molar-refractivity contribution in [2.45, 2.75) is 32.9 Å². The third-order valence-electron chi connectivity index (χ3n) is 3.39. The molecule has 110 valence electrons. The molecule has 1 aliphatic heterocycles. The van der Waals surface area contributed by atoms with Crippen LogP contribution in [-0.2, 0) is 9.53 Å². The summed E-state index contributed by atoms with van der Waals surface area (Å²) in [6, 6.07) is 0.174. The minimum atomic E-state index is -1.04. The number of amides is 1. The number of morpholine rings is 1. The zero-order valence-corrected chi connectivity index (χ0v) is 11.9. The Morgan fingerprint density at radius 3 is 2.75 bits per heavy atom. The van der Waals surface area contributed by atoms with Crippen LogP contribution < -0.4 is 0 Å². The van der Waals surface area contributed by atoms with Gasteiger partial charge in [-0.15, -0.1) is 0 Å². The van der Waals surface area contributed by atoms with Gasteiger partial charge in [-0.2, -0.15) is 5.10 Å². The van der Waals surface area contributed by atoms with E-state index in [1.807, 2.05) is 20.8 Å². The second-order valence-electron chi connectivity index (χ2n) is 5.13. The van der Waals surface area contributed by atoms with Gasteiger partial charge in [0.2, 0.25) is 0 Å². The third-order valence-corrected chi connectivity index (χ3v) is 3.39. The number of carboxylic acids is 1. The van der Waals surface area contributed by atoms with Crippen molar-refractivity contribution >= 4 is 11.9 Å². The monoisotopic (exact) mass is 281 g/mol. The van der Waals surface area contributed by atoms with E-state index in [-0.39, 0.29) is 25.1 Å². The number of hydrogen-bond donors (Lipinski definition) is 1. The maximum absolute atomic E-state index is 12.4. The van der Waals surface area contributed by atoms with Crippen molar-refractivity contribution in [3.63, 3.8) is 0 Å². The number of nitrogens with zero attached hydrogens (tertiary/aromatic N) is 3. The molecule has 0 aromatic carbocycles. The van der Waals surface area contributed by atoms with Crippen molar-refractivity contribution in [1.82, 2.24) is 14.7 Å². The van der Waals surface area contributed by atoms with E-state index < -0.39 is 12.1 Å². The summed E-state index contributed by atoms with van der Waals surface area (Å²) in [6.45, 7) is 6.53. The molecule has 1 aromatic rings. The van der Waals surface area contributed by atoms with E-state index in [1.54, 1.807) is 10.9 Å². The van der Waals surface area contributed by atoms with Gasteiger partial charge in [-0.1, -0.05) is 0 Å².